The SMILES string of the molecule is CC(CNC(=O)CCCCl)Oc1c(Cl)cccc1Cl. The Morgan fingerprint density at radius 3 is 2.58 bits per heavy atom. The molecule has 1 aromatic rings. The molecule has 0 aliphatic heterocycles. The third-order valence-electron chi connectivity index (χ3n) is 2.36. The number of carbonyl (C=O) groups excluding carboxylic acids is 1. The number of hydrogen-bond donors (Lipinski definition) is 1. The molecule has 0 fully saturated rings. The smallest absolute Gasteiger partial charge is 0.220 e. The van der Waals surface area contributed by atoms with Gasteiger partial charge in [-0.25, -0.2) is 0 Å². The fraction of sp³-hybridized carbons (Fsp3) is 0.462. The molecule has 1 amide bonds. The topological polar surface area (TPSA) is 38.3 Å². The third-order valence-corrected chi connectivity index (χ3v) is 3.22. The number of amides is 1. The lowest BCUT2D eigenvalue weighted by atomic mass is 10.3. The number of benzene rings is 1. The molecule has 0 aliphatic rings. The highest BCUT2D eigenvalue weighted by molar-refractivity contribution is 6.37. The van der Waals surface area contributed by atoms with Crippen molar-refractivity contribution in [3.8, 4) is 5.75 Å². The molecule has 0 bridgehead atoms. The zero-order valence-electron chi connectivity index (χ0n) is 10.6. The zero-order chi connectivity index (χ0) is 14.3. The van der Waals surface area contributed by atoms with Crippen LogP contribution in [0.5, 0.6) is 5.75 Å². The van der Waals surface area contributed by atoms with Gasteiger partial charge in [0.2, 0.25) is 5.91 Å². The van der Waals surface area contributed by atoms with E-state index in [0.717, 1.165) is 0 Å². The van der Waals surface area contributed by atoms with Gasteiger partial charge in [0.15, 0.2) is 5.75 Å². The molecule has 0 radical (unpaired) electrons. The number of alkyl halides is 1. The van der Waals surface area contributed by atoms with Crippen LogP contribution in [0.1, 0.15) is 19.8 Å². The van der Waals surface area contributed by atoms with Crippen molar-refractivity contribution in [2.24, 2.45) is 0 Å². The molecule has 0 aliphatic carbocycles. The maximum atomic E-state index is 11.4. The number of para-hydroxylation sites is 1. The van der Waals surface area contributed by atoms with Gasteiger partial charge in [0, 0.05) is 12.3 Å². The van der Waals surface area contributed by atoms with Gasteiger partial charge in [-0.1, -0.05) is 29.3 Å². The van der Waals surface area contributed by atoms with Gasteiger partial charge in [-0.05, 0) is 25.5 Å². The average molecular weight is 325 g/mol. The second kappa shape index (κ2) is 8.51. The molecular formula is C13H16Cl3NO2. The van der Waals surface area contributed by atoms with E-state index in [1.54, 1.807) is 18.2 Å². The maximum absolute atomic E-state index is 11.4. The highest BCUT2D eigenvalue weighted by Crippen LogP contribution is 2.32. The van der Waals surface area contributed by atoms with Gasteiger partial charge in [-0.2, -0.15) is 0 Å². The van der Waals surface area contributed by atoms with E-state index in [-0.39, 0.29) is 12.0 Å². The molecule has 6 heteroatoms. The van der Waals surface area contributed by atoms with Crippen LogP contribution in [0.15, 0.2) is 18.2 Å². The minimum absolute atomic E-state index is 0.0404. The number of nitrogens with one attached hydrogen (secondary N) is 1. The van der Waals surface area contributed by atoms with Crippen LogP contribution in [-0.4, -0.2) is 24.4 Å². The van der Waals surface area contributed by atoms with Gasteiger partial charge in [0.05, 0.1) is 16.6 Å². The summed E-state index contributed by atoms with van der Waals surface area (Å²) in [4.78, 5) is 11.4. The Hall–Kier alpha value is -0.640. The first-order valence-corrected chi connectivity index (χ1v) is 7.27. The molecule has 1 rings (SSSR count). The van der Waals surface area contributed by atoms with Gasteiger partial charge in [-0.15, -0.1) is 11.6 Å². The van der Waals surface area contributed by atoms with E-state index in [1.165, 1.54) is 0 Å². The van der Waals surface area contributed by atoms with Gasteiger partial charge in [0.1, 0.15) is 6.10 Å². The normalized spacial score (nSPS) is 12.0. The van der Waals surface area contributed by atoms with Crippen LogP contribution in [0.3, 0.4) is 0 Å². The largest absolute Gasteiger partial charge is 0.486 e. The molecular weight excluding hydrogens is 309 g/mol. The van der Waals surface area contributed by atoms with E-state index < -0.39 is 0 Å². The van der Waals surface area contributed by atoms with E-state index in [0.29, 0.717) is 41.1 Å². The fourth-order valence-corrected chi connectivity index (χ4v) is 2.03. The number of rotatable bonds is 7. The minimum atomic E-state index is -0.225. The number of ether oxygens (including phenoxy) is 1. The van der Waals surface area contributed by atoms with Crippen LogP contribution in [-0.2, 0) is 4.79 Å². The number of hydrogen-bond acceptors (Lipinski definition) is 2. The molecule has 19 heavy (non-hydrogen) atoms. The van der Waals surface area contributed by atoms with Crippen molar-refractivity contribution in [3.05, 3.63) is 28.2 Å². The van der Waals surface area contributed by atoms with Crippen molar-refractivity contribution >= 4 is 40.7 Å². The van der Waals surface area contributed by atoms with Gasteiger partial charge in [-0.3, -0.25) is 4.79 Å². The summed E-state index contributed by atoms with van der Waals surface area (Å²) in [5.74, 6) is 0.879. The summed E-state index contributed by atoms with van der Waals surface area (Å²) in [7, 11) is 0. The minimum Gasteiger partial charge on any atom is -0.486 e. The summed E-state index contributed by atoms with van der Waals surface area (Å²) in [5, 5.41) is 3.67. The van der Waals surface area contributed by atoms with E-state index in [4.69, 9.17) is 39.5 Å². The Morgan fingerprint density at radius 1 is 1.37 bits per heavy atom. The summed E-state index contributed by atoms with van der Waals surface area (Å²) in [5.41, 5.74) is 0. The van der Waals surface area contributed by atoms with E-state index >= 15 is 0 Å². The second-order valence-corrected chi connectivity index (χ2v) is 5.27. The first kappa shape index (κ1) is 16.4. The van der Waals surface area contributed by atoms with Crippen molar-refractivity contribution in [1.82, 2.24) is 5.32 Å². The molecule has 0 aromatic heterocycles. The zero-order valence-corrected chi connectivity index (χ0v) is 12.9. The highest BCUT2D eigenvalue weighted by Gasteiger charge is 2.12. The van der Waals surface area contributed by atoms with Crippen LogP contribution < -0.4 is 10.1 Å². The summed E-state index contributed by atoms with van der Waals surface area (Å²) in [6, 6.07) is 5.15. The van der Waals surface area contributed by atoms with Gasteiger partial charge < -0.3 is 10.1 Å². The lowest BCUT2D eigenvalue weighted by Gasteiger charge is -2.17. The van der Waals surface area contributed by atoms with Crippen LogP contribution in [0.25, 0.3) is 0 Å². The van der Waals surface area contributed by atoms with E-state index in [9.17, 15) is 4.79 Å². The standard InChI is InChI=1S/C13H16Cl3NO2/c1-9(8-17-12(18)6-3-7-14)19-13-10(15)4-2-5-11(13)16/h2,4-5,9H,3,6-8H2,1H3,(H,17,18). The fourth-order valence-electron chi connectivity index (χ4n) is 1.41. The molecule has 0 spiro atoms. The Balaban J connectivity index is 2.43. The summed E-state index contributed by atoms with van der Waals surface area (Å²) < 4.78 is 5.63. The predicted molar refractivity (Wildman–Crippen MR) is 79.5 cm³/mol. The number of halogens is 3. The molecule has 0 saturated carbocycles. The molecule has 0 heterocycles. The molecule has 1 unspecified atom stereocenters. The molecule has 1 atom stereocenters. The molecule has 0 saturated heterocycles. The van der Waals surface area contributed by atoms with Crippen molar-refractivity contribution in [2.45, 2.75) is 25.9 Å². The van der Waals surface area contributed by atoms with Crippen LogP contribution in [0, 0.1) is 0 Å². The van der Waals surface area contributed by atoms with Crippen molar-refractivity contribution in [1.29, 1.82) is 0 Å². The molecule has 106 valence electrons. The second-order valence-electron chi connectivity index (χ2n) is 4.08. The summed E-state index contributed by atoms with van der Waals surface area (Å²) in [6.07, 6.45) is 0.861. The van der Waals surface area contributed by atoms with Gasteiger partial charge >= 0.3 is 0 Å². The molecule has 3 nitrogen and oxygen atoms in total. The maximum Gasteiger partial charge on any atom is 0.220 e. The lowest BCUT2D eigenvalue weighted by Crippen LogP contribution is -2.33. The van der Waals surface area contributed by atoms with Gasteiger partial charge in [0.25, 0.3) is 0 Å². The van der Waals surface area contributed by atoms with Crippen LogP contribution in [0.4, 0.5) is 0 Å². The predicted octanol–water partition coefficient (Wildman–Crippen LogP) is 3.90. The van der Waals surface area contributed by atoms with Crippen LogP contribution >= 0.6 is 34.8 Å². The third kappa shape index (κ3) is 5.89. The summed E-state index contributed by atoms with van der Waals surface area (Å²) in [6.45, 7) is 2.23. The Morgan fingerprint density at radius 2 is 2.00 bits per heavy atom. The van der Waals surface area contributed by atoms with E-state index in [2.05, 4.69) is 5.32 Å². The highest BCUT2D eigenvalue weighted by atomic mass is 35.5. The number of carbonyl (C=O) groups is 1. The Labute approximate surface area is 128 Å². The molecule has 1 aromatic carbocycles. The Kier molecular flexibility index (Phi) is 7.36. The van der Waals surface area contributed by atoms with Crippen molar-refractivity contribution in [2.75, 3.05) is 12.4 Å². The van der Waals surface area contributed by atoms with Crippen molar-refractivity contribution in [3.63, 3.8) is 0 Å². The molecule has 1 N–H and O–H groups in total. The lowest BCUT2D eigenvalue weighted by molar-refractivity contribution is -0.121. The first-order chi connectivity index (χ1) is 9.04. The van der Waals surface area contributed by atoms with Crippen LogP contribution in [0.2, 0.25) is 10.0 Å². The first-order valence-electron chi connectivity index (χ1n) is 5.98. The monoisotopic (exact) mass is 323 g/mol. The van der Waals surface area contributed by atoms with E-state index in [1.807, 2.05) is 6.92 Å². The van der Waals surface area contributed by atoms with Crippen molar-refractivity contribution < 1.29 is 9.53 Å². The Bertz CT molecular complexity index is 406. The quantitative estimate of drug-likeness (QED) is 0.773. The average Bonchev–Trinajstić information content (AvgIpc) is 2.38. The summed E-state index contributed by atoms with van der Waals surface area (Å²) >= 11 is 17.5.